The van der Waals surface area contributed by atoms with E-state index in [-0.39, 0.29) is 44.4 Å². The van der Waals surface area contributed by atoms with Crippen molar-refractivity contribution in [3.05, 3.63) is 53.6 Å². The number of carboxylic acids is 1. The van der Waals surface area contributed by atoms with Gasteiger partial charge in [0.15, 0.2) is 0 Å². The standard InChI is InChI=1S/C45H72N6O15/c1-2-9-51(45(55)41-32-38-5-6-39(42-33-47-37-48-34-42)31-40(38)35-50(46)36-41)66-10-3-4-43(52)49-8-12-57-14-16-59-18-20-61-22-24-63-26-28-65-30-29-64-27-25-62-23-21-60-19-17-58-15-13-56-11-7-44(53)54/h5-6,31-34,37H,2-4,7-30,35-36,46H2,1H3,(H,49,52)(H,53,54). The minimum Gasteiger partial charge on any atom is -0.481 e. The van der Waals surface area contributed by atoms with Gasteiger partial charge in [-0.1, -0.05) is 19.1 Å². The van der Waals surface area contributed by atoms with Gasteiger partial charge in [0.2, 0.25) is 5.91 Å². The number of aliphatic carboxylic acids is 1. The van der Waals surface area contributed by atoms with Crippen LogP contribution in [0.2, 0.25) is 0 Å². The number of nitrogens with two attached hydrogens (primary N) is 1. The van der Waals surface area contributed by atoms with Crippen LogP contribution in [-0.2, 0) is 73.1 Å². The molecule has 21 nitrogen and oxygen atoms in total. The second kappa shape index (κ2) is 38.0. The van der Waals surface area contributed by atoms with Crippen LogP contribution >= 0.6 is 0 Å². The molecule has 0 saturated heterocycles. The molecule has 0 radical (unpaired) electrons. The molecular formula is C45H72N6O15. The minimum atomic E-state index is -0.883. The summed E-state index contributed by atoms with van der Waals surface area (Å²) in [6, 6.07) is 6.00. The largest absolute Gasteiger partial charge is 0.481 e. The molecule has 1 aliphatic heterocycles. The van der Waals surface area contributed by atoms with E-state index in [9.17, 15) is 14.4 Å². The van der Waals surface area contributed by atoms with Gasteiger partial charge in [-0.15, -0.1) is 0 Å². The van der Waals surface area contributed by atoms with Crippen molar-refractivity contribution >= 4 is 23.9 Å². The predicted octanol–water partition coefficient (Wildman–Crippen LogP) is 1.92. The van der Waals surface area contributed by atoms with Gasteiger partial charge in [-0.3, -0.25) is 25.1 Å². The van der Waals surface area contributed by atoms with Gasteiger partial charge in [-0.05, 0) is 41.7 Å². The van der Waals surface area contributed by atoms with E-state index in [1.807, 2.05) is 31.2 Å². The first-order chi connectivity index (χ1) is 32.4. The first-order valence-corrected chi connectivity index (χ1v) is 22.7. The Balaban J connectivity index is 1.04. The van der Waals surface area contributed by atoms with Gasteiger partial charge in [0, 0.05) is 56.1 Å². The molecular weight excluding hydrogens is 865 g/mol. The number of aromatic nitrogens is 2. The number of fused-ring (bicyclic) bond motifs is 1. The third kappa shape index (κ3) is 27.5. The third-order valence-corrected chi connectivity index (χ3v) is 9.21. The van der Waals surface area contributed by atoms with Crippen molar-refractivity contribution in [1.29, 1.82) is 0 Å². The van der Waals surface area contributed by atoms with E-state index in [0.717, 1.165) is 22.3 Å². The fourth-order valence-corrected chi connectivity index (χ4v) is 5.95. The number of amides is 2. The maximum Gasteiger partial charge on any atom is 0.305 e. The molecule has 2 heterocycles. The number of nitrogens with zero attached hydrogens (tertiary/aromatic N) is 4. The van der Waals surface area contributed by atoms with E-state index >= 15 is 0 Å². The number of ether oxygens (including phenoxy) is 10. The van der Waals surface area contributed by atoms with Crippen molar-refractivity contribution in [2.24, 2.45) is 5.84 Å². The summed E-state index contributed by atoms with van der Waals surface area (Å²) < 4.78 is 54.3. The Kier molecular flexibility index (Phi) is 32.4. The van der Waals surface area contributed by atoms with Crippen molar-refractivity contribution in [2.75, 3.05) is 158 Å². The summed E-state index contributed by atoms with van der Waals surface area (Å²) >= 11 is 0. The van der Waals surface area contributed by atoms with Crippen molar-refractivity contribution in [2.45, 2.75) is 39.2 Å². The number of carbonyl (C=O) groups is 3. The van der Waals surface area contributed by atoms with E-state index in [0.29, 0.717) is 164 Å². The summed E-state index contributed by atoms with van der Waals surface area (Å²) in [4.78, 5) is 50.4. The Morgan fingerprint density at radius 1 is 0.652 bits per heavy atom. The zero-order valence-electron chi connectivity index (χ0n) is 38.6. The molecule has 4 N–H and O–H groups in total. The van der Waals surface area contributed by atoms with Crippen LogP contribution in [-0.4, -0.2) is 201 Å². The number of hydrogen-bond donors (Lipinski definition) is 3. The molecule has 0 aliphatic carbocycles. The topological polar surface area (TPSA) is 243 Å². The number of carbonyl (C=O) groups excluding carboxylic acids is 2. The molecule has 21 heteroatoms. The lowest BCUT2D eigenvalue weighted by atomic mass is 10.00. The first kappa shape index (κ1) is 56.3. The van der Waals surface area contributed by atoms with Crippen LogP contribution < -0.4 is 11.2 Å². The van der Waals surface area contributed by atoms with E-state index in [2.05, 4.69) is 15.3 Å². The molecule has 0 spiro atoms. The maximum atomic E-state index is 13.6. The smallest absolute Gasteiger partial charge is 0.305 e. The SMILES string of the molecule is CCCN(OCCCC(=O)NCCOCCOCCOCCOCCOCCOCCOCCOCCOCCOCCC(=O)O)C(=O)C1=Cc2ccc(-c3cncnc3)cc2CN(N)C1. The average Bonchev–Trinajstić information content (AvgIpc) is 3.49. The zero-order chi connectivity index (χ0) is 47.1. The fourth-order valence-electron chi connectivity index (χ4n) is 5.95. The summed E-state index contributed by atoms with van der Waals surface area (Å²) in [5.41, 5.74) is 4.30. The summed E-state index contributed by atoms with van der Waals surface area (Å²) in [5.74, 6) is 5.06. The molecule has 3 rings (SSSR count). The van der Waals surface area contributed by atoms with Gasteiger partial charge >= 0.3 is 5.97 Å². The molecule has 1 aliphatic rings. The van der Waals surface area contributed by atoms with Crippen LogP contribution in [0.15, 0.2) is 42.5 Å². The van der Waals surface area contributed by atoms with Crippen molar-refractivity contribution in [3.63, 3.8) is 0 Å². The van der Waals surface area contributed by atoms with Crippen LogP contribution in [0.25, 0.3) is 17.2 Å². The van der Waals surface area contributed by atoms with Crippen molar-refractivity contribution in [3.8, 4) is 11.1 Å². The second-order valence-electron chi connectivity index (χ2n) is 14.6. The molecule has 1 aromatic carbocycles. The van der Waals surface area contributed by atoms with Gasteiger partial charge in [-0.2, -0.15) is 0 Å². The van der Waals surface area contributed by atoms with Crippen LogP contribution in [0.1, 0.15) is 43.7 Å². The summed E-state index contributed by atoms with van der Waals surface area (Å²) in [6.45, 7) is 12.1. The number of benzene rings is 1. The number of hydrazine groups is 1. The van der Waals surface area contributed by atoms with E-state index < -0.39 is 5.97 Å². The highest BCUT2D eigenvalue weighted by molar-refractivity contribution is 5.98. The fraction of sp³-hybridized carbons (Fsp3) is 0.667. The predicted molar refractivity (Wildman–Crippen MR) is 241 cm³/mol. The number of rotatable bonds is 42. The number of carboxylic acid groups (broad SMARTS) is 1. The molecule has 0 bridgehead atoms. The normalized spacial score (nSPS) is 12.7. The van der Waals surface area contributed by atoms with Crippen LogP contribution in [0.4, 0.5) is 0 Å². The second-order valence-corrected chi connectivity index (χ2v) is 14.6. The van der Waals surface area contributed by atoms with Gasteiger partial charge < -0.3 is 57.8 Å². The van der Waals surface area contributed by atoms with Crippen molar-refractivity contribution < 1.29 is 71.7 Å². The Morgan fingerprint density at radius 2 is 1.14 bits per heavy atom. The molecule has 0 unspecified atom stereocenters. The zero-order valence-corrected chi connectivity index (χ0v) is 38.6. The molecule has 372 valence electrons. The van der Waals surface area contributed by atoms with Gasteiger partial charge in [0.1, 0.15) is 6.33 Å². The lowest BCUT2D eigenvalue weighted by Crippen LogP contribution is -2.39. The molecule has 2 aromatic rings. The lowest BCUT2D eigenvalue weighted by molar-refractivity contribution is -0.183. The number of nitrogens with one attached hydrogen (secondary N) is 1. The molecule has 1 aromatic heterocycles. The van der Waals surface area contributed by atoms with E-state index in [1.165, 1.54) is 11.4 Å². The van der Waals surface area contributed by atoms with E-state index in [4.69, 9.17) is 63.2 Å². The van der Waals surface area contributed by atoms with Gasteiger partial charge in [-0.25, -0.2) is 20.0 Å². The Labute approximate surface area is 388 Å². The van der Waals surface area contributed by atoms with Crippen LogP contribution in [0.5, 0.6) is 0 Å². The Morgan fingerprint density at radius 3 is 1.62 bits per heavy atom. The van der Waals surface area contributed by atoms with E-state index in [1.54, 1.807) is 17.4 Å². The quantitative estimate of drug-likeness (QED) is 0.0489. The first-order valence-electron chi connectivity index (χ1n) is 22.7. The highest BCUT2D eigenvalue weighted by atomic mass is 16.7. The van der Waals surface area contributed by atoms with Crippen molar-refractivity contribution in [1.82, 2.24) is 25.4 Å². The maximum absolute atomic E-state index is 13.6. The summed E-state index contributed by atoms with van der Waals surface area (Å²) in [6.07, 6.45) is 8.26. The monoisotopic (exact) mass is 937 g/mol. The summed E-state index contributed by atoms with van der Waals surface area (Å²) in [5, 5.41) is 14.3. The number of hydrogen-bond acceptors (Lipinski definition) is 18. The molecule has 0 atom stereocenters. The third-order valence-electron chi connectivity index (χ3n) is 9.21. The van der Waals surface area contributed by atoms with Gasteiger partial charge in [0.25, 0.3) is 5.91 Å². The molecule has 66 heavy (non-hydrogen) atoms. The Hall–Kier alpha value is -4.07. The lowest BCUT2D eigenvalue weighted by Gasteiger charge is -2.24. The van der Waals surface area contributed by atoms with Gasteiger partial charge in [0.05, 0.1) is 145 Å². The number of hydroxylamine groups is 2. The van der Waals surface area contributed by atoms with Crippen LogP contribution in [0, 0.1) is 0 Å². The molecule has 0 saturated carbocycles. The minimum absolute atomic E-state index is 0.0130. The average molecular weight is 937 g/mol. The summed E-state index contributed by atoms with van der Waals surface area (Å²) in [7, 11) is 0. The molecule has 2 amide bonds. The highest BCUT2D eigenvalue weighted by Crippen LogP contribution is 2.26. The molecule has 0 fully saturated rings. The van der Waals surface area contributed by atoms with Crippen LogP contribution in [0.3, 0.4) is 0 Å². The Bertz CT molecular complexity index is 1610. The highest BCUT2D eigenvalue weighted by Gasteiger charge is 2.24.